The Morgan fingerprint density at radius 3 is 2.61 bits per heavy atom. The fourth-order valence-electron chi connectivity index (χ4n) is 4.43. The van der Waals surface area contributed by atoms with Crippen LogP contribution >= 0.6 is 11.6 Å². The summed E-state index contributed by atoms with van der Waals surface area (Å²) in [4.78, 5) is 25.8. The Morgan fingerprint density at radius 1 is 1.39 bits per heavy atom. The summed E-state index contributed by atoms with van der Waals surface area (Å²) in [5.74, 6) is -2.15. The Balaban J connectivity index is 1.75. The van der Waals surface area contributed by atoms with Crippen LogP contribution in [0.1, 0.15) is 35.7 Å². The monoisotopic (exact) mass is 409 g/mol. The van der Waals surface area contributed by atoms with Crippen LogP contribution in [-0.2, 0) is 0 Å². The maximum absolute atomic E-state index is 15.0. The highest BCUT2D eigenvalue weighted by Gasteiger charge is 2.54. The average molecular weight is 410 g/mol. The maximum atomic E-state index is 15.0. The summed E-state index contributed by atoms with van der Waals surface area (Å²) in [5, 5.41) is 9.16. The molecule has 1 spiro atoms. The molecule has 28 heavy (non-hydrogen) atoms. The van der Waals surface area contributed by atoms with E-state index in [0.29, 0.717) is 13.1 Å². The second-order valence-corrected chi connectivity index (χ2v) is 8.55. The minimum atomic E-state index is -1.45. The van der Waals surface area contributed by atoms with Gasteiger partial charge in [-0.15, -0.1) is 0 Å². The normalized spacial score (nSPS) is 27.6. The Labute approximate surface area is 163 Å². The van der Waals surface area contributed by atoms with E-state index in [1.165, 1.54) is 4.57 Å². The van der Waals surface area contributed by atoms with E-state index in [9.17, 15) is 19.1 Å². The van der Waals surface area contributed by atoms with Crippen LogP contribution in [0.2, 0.25) is 5.02 Å². The van der Waals surface area contributed by atoms with Gasteiger partial charge in [0.05, 0.1) is 27.7 Å². The molecular formula is C19H18ClF2N3O3. The van der Waals surface area contributed by atoms with Crippen molar-refractivity contribution in [1.29, 1.82) is 0 Å². The molecule has 2 unspecified atom stereocenters. The number of aromatic nitrogens is 1. The van der Waals surface area contributed by atoms with E-state index in [-0.39, 0.29) is 39.5 Å². The topological polar surface area (TPSA) is 88.6 Å². The van der Waals surface area contributed by atoms with Crippen molar-refractivity contribution in [1.82, 2.24) is 4.57 Å². The van der Waals surface area contributed by atoms with Gasteiger partial charge in [0.2, 0.25) is 5.43 Å². The maximum Gasteiger partial charge on any atom is 0.341 e. The average Bonchev–Trinajstić information content (AvgIpc) is 3.51. The van der Waals surface area contributed by atoms with Gasteiger partial charge in [-0.1, -0.05) is 11.6 Å². The molecule has 148 valence electrons. The van der Waals surface area contributed by atoms with Crippen molar-refractivity contribution >= 4 is 34.2 Å². The Morgan fingerprint density at radius 2 is 2.07 bits per heavy atom. The second-order valence-electron chi connectivity index (χ2n) is 8.17. The lowest BCUT2D eigenvalue weighted by atomic mass is 10.0. The Hall–Kier alpha value is -2.19. The number of benzene rings is 1. The number of carboxylic acid groups (broad SMARTS) is 1. The number of aromatic carboxylic acids is 1. The number of alkyl halides is 1. The third-order valence-corrected chi connectivity index (χ3v) is 6.73. The van der Waals surface area contributed by atoms with Gasteiger partial charge >= 0.3 is 5.97 Å². The van der Waals surface area contributed by atoms with Crippen LogP contribution in [0, 0.1) is 11.2 Å². The number of hydrogen-bond donors (Lipinski definition) is 2. The standard InChI is InChI=1S/C19H18ClF2N3O3/c20-14-15-8(17(26)9(18(27)28)5-25(15)12-4-10(12)21)3-11(22)16(14)24-6-13(23)19(7-24)1-2-19/h3,5,10,12-13H,1-2,4,6-7,23H2,(H,27,28)/t10?,12?,13-/m1/s1. The van der Waals surface area contributed by atoms with Crippen molar-refractivity contribution in [2.45, 2.75) is 37.5 Å². The van der Waals surface area contributed by atoms with E-state index in [1.807, 2.05) is 0 Å². The summed E-state index contributed by atoms with van der Waals surface area (Å²) >= 11 is 6.56. The summed E-state index contributed by atoms with van der Waals surface area (Å²) in [6, 6.07) is 0.308. The molecule has 5 rings (SSSR count). The number of carboxylic acids is 1. The molecule has 2 saturated carbocycles. The number of fused-ring (bicyclic) bond motifs is 1. The summed E-state index contributed by atoms with van der Waals surface area (Å²) in [6.45, 7) is 1.01. The van der Waals surface area contributed by atoms with Crippen LogP contribution in [0.25, 0.3) is 10.9 Å². The van der Waals surface area contributed by atoms with Gasteiger partial charge in [-0.05, 0) is 18.9 Å². The van der Waals surface area contributed by atoms with E-state index < -0.39 is 35.0 Å². The van der Waals surface area contributed by atoms with Gasteiger partial charge in [-0.2, -0.15) is 0 Å². The van der Waals surface area contributed by atoms with Gasteiger partial charge < -0.3 is 20.3 Å². The van der Waals surface area contributed by atoms with Crippen LogP contribution in [0.15, 0.2) is 17.1 Å². The highest BCUT2D eigenvalue weighted by Crippen LogP contribution is 2.54. The first-order valence-electron chi connectivity index (χ1n) is 9.18. The van der Waals surface area contributed by atoms with Gasteiger partial charge in [0.25, 0.3) is 0 Å². The molecule has 3 atom stereocenters. The molecule has 6 nitrogen and oxygen atoms in total. The van der Waals surface area contributed by atoms with Crippen molar-refractivity contribution in [3.63, 3.8) is 0 Å². The number of nitrogens with two attached hydrogens (primary N) is 1. The quantitative estimate of drug-likeness (QED) is 0.813. The molecule has 2 aliphatic carbocycles. The van der Waals surface area contributed by atoms with Crippen molar-refractivity contribution in [3.05, 3.63) is 38.9 Å². The Kier molecular flexibility index (Phi) is 3.62. The van der Waals surface area contributed by atoms with Gasteiger partial charge in [-0.3, -0.25) is 4.79 Å². The van der Waals surface area contributed by atoms with Crippen molar-refractivity contribution in [3.8, 4) is 0 Å². The lowest BCUT2D eigenvalue weighted by Gasteiger charge is -2.23. The molecule has 0 radical (unpaired) electrons. The summed E-state index contributed by atoms with van der Waals surface area (Å²) in [7, 11) is 0. The van der Waals surface area contributed by atoms with Crippen LogP contribution in [0.3, 0.4) is 0 Å². The fourth-order valence-corrected chi connectivity index (χ4v) is 4.84. The Bertz CT molecular complexity index is 1100. The minimum Gasteiger partial charge on any atom is -0.477 e. The minimum absolute atomic E-state index is 0.00645. The van der Waals surface area contributed by atoms with Crippen LogP contribution in [0.4, 0.5) is 14.5 Å². The molecular weight excluding hydrogens is 392 g/mol. The SMILES string of the molecule is N[C@@H]1CN(c2c(F)cc3c(=O)c(C(=O)O)cn(C4CC4F)c3c2Cl)CC12CC2. The summed E-state index contributed by atoms with van der Waals surface area (Å²) in [5.41, 5.74) is 5.15. The molecule has 1 aromatic heterocycles. The van der Waals surface area contributed by atoms with Gasteiger partial charge in [0.1, 0.15) is 17.6 Å². The van der Waals surface area contributed by atoms with Crippen molar-refractivity contribution < 1.29 is 18.7 Å². The number of pyridine rings is 1. The van der Waals surface area contributed by atoms with E-state index in [0.717, 1.165) is 25.1 Å². The van der Waals surface area contributed by atoms with Crippen LogP contribution in [0.5, 0.6) is 0 Å². The molecule has 2 heterocycles. The molecule has 1 saturated heterocycles. The molecule has 3 fully saturated rings. The molecule has 0 bridgehead atoms. The van der Waals surface area contributed by atoms with E-state index in [4.69, 9.17) is 17.3 Å². The molecule has 0 amide bonds. The van der Waals surface area contributed by atoms with E-state index in [2.05, 4.69) is 0 Å². The molecule has 3 N–H and O–H groups in total. The number of hydrogen-bond acceptors (Lipinski definition) is 4. The smallest absolute Gasteiger partial charge is 0.341 e. The number of rotatable bonds is 3. The summed E-state index contributed by atoms with van der Waals surface area (Å²) in [6.07, 6.45) is 2.11. The first-order chi connectivity index (χ1) is 13.2. The summed E-state index contributed by atoms with van der Waals surface area (Å²) < 4.78 is 30.2. The highest BCUT2D eigenvalue weighted by atomic mass is 35.5. The largest absolute Gasteiger partial charge is 0.477 e. The third kappa shape index (κ3) is 2.40. The molecule has 1 aliphatic heterocycles. The third-order valence-electron chi connectivity index (χ3n) is 6.37. The molecule has 3 aliphatic rings. The van der Waals surface area contributed by atoms with Crippen molar-refractivity contribution in [2.75, 3.05) is 18.0 Å². The number of nitrogens with zero attached hydrogens (tertiary/aromatic N) is 2. The predicted octanol–water partition coefficient (Wildman–Crippen LogP) is 2.70. The predicted molar refractivity (Wildman–Crippen MR) is 101 cm³/mol. The first kappa shape index (κ1) is 17.9. The first-order valence-corrected chi connectivity index (χ1v) is 9.56. The second kappa shape index (κ2) is 5.67. The fraction of sp³-hybridized carbons (Fsp3) is 0.474. The zero-order valence-electron chi connectivity index (χ0n) is 14.8. The molecule has 2 aromatic rings. The van der Waals surface area contributed by atoms with Gasteiger partial charge in [-0.25, -0.2) is 13.6 Å². The van der Waals surface area contributed by atoms with Gasteiger partial charge in [0.15, 0.2) is 0 Å². The zero-order chi connectivity index (χ0) is 20.0. The zero-order valence-corrected chi connectivity index (χ0v) is 15.5. The van der Waals surface area contributed by atoms with E-state index >= 15 is 4.39 Å². The highest BCUT2D eigenvalue weighted by molar-refractivity contribution is 6.38. The van der Waals surface area contributed by atoms with Crippen LogP contribution < -0.4 is 16.1 Å². The molecule has 9 heteroatoms. The number of anilines is 1. The van der Waals surface area contributed by atoms with E-state index in [1.54, 1.807) is 4.90 Å². The lowest BCUT2D eigenvalue weighted by molar-refractivity contribution is 0.0694. The molecule has 1 aromatic carbocycles. The number of carbonyl (C=O) groups is 1. The van der Waals surface area contributed by atoms with Crippen LogP contribution in [-0.4, -0.2) is 40.9 Å². The van der Waals surface area contributed by atoms with Crippen molar-refractivity contribution in [2.24, 2.45) is 11.1 Å². The number of halogens is 3. The van der Waals surface area contributed by atoms with Gasteiger partial charge in [0, 0.05) is 37.2 Å². The lowest BCUT2D eigenvalue weighted by Crippen LogP contribution is -2.30.